The van der Waals surface area contributed by atoms with Gasteiger partial charge in [-0.05, 0) is 66.8 Å². The van der Waals surface area contributed by atoms with Crippen LogP contribution in [-0.2, 0) is 14.3 Å². The van der Waals surface area contributed by atoms with E-state index < -0.39 is 11.9 Å². The number of ketones is 1. The van der Waals surface area contributed by atoms with E-state index in [0.29, 0.717) is 40.5 Å². The minimum absolute atomic E-state index is 0.0496. The fraction of sp³-hybridized carbons (Fsp3) is 0.273. The van der Waals surface area contributed by atoms with Crippen molar-refractivity contribution in [3.8, 4) is 23.0 Å². The monoisotopic (exact) mass is 555 g/mol. The van der Waals surface area contributed by atoms with Crippen molar-refractivity contribution in [1.29, 1.82) is 0 Å². The highest BCUT2D eigenvalue weighted by atomic mass is 16.6. The molecular weight excluding hydrogens is 522 g/mol. The van der Waals surface area contributed by atoms with Crippen LogP contribution in [0.3, 0.4) is 0 Å². The topological polar surface area (TPSA) is 103 Å². The number of phenols is 1. The number of allylic oxidation sites excluding steroid dienone is 3. The predicted molar refractivity (Wildman–Crippen MR) is 153 cm³/mol. The summed E-state index contributed by atoms with van der Waals surface area (Å²) in [5.74, 6) is 0.729. The molecule has 1 aliphatic carbocycles. The van der Waals surface area contributed by atoms with E-state index in [1.165, 1.54) is 0 Å². The van der Waals surface area contributed by atoms with Crippen LogP contribution in [0.2, 0.25) is 0 Å². The average molecular weight is 556 g/mol. The number of hydrogen-bond acceptors (Lipinski definition) is 8. The Morgan fingerprint density at radius 2 is 1.61 bits per heavy atom. The molecule has 0 aromatic heterocycles. The van der Waals surface area contributed by atoms with Crippen molar-refractivity contribution in [3.63, 3.8) is 0 Å². The normalized spacial score (nSPS) is 18.4. The summed E-state index contributed by atoms with van der Waals surface area (Å²) < 4.78 is 22.2. The molecular formula is C33H33NO7. The van der Waals surface area contributed by atoms with E-state index in [2.05, 4.69) is 5.32 Å². The lowest BCUT2D eigenvalue weighted by Gasteiger charge is -2.36. The molecule has 3 aromatic rings. The number of rotatable bonds is 9. The molecule has 0 radical (unpaired) electrons. The third-order valence-electron chi connectivity index (χ3n) is 7.48. The number of carbonyl (C=O) groups is 2. The van der Waals surface area contributed by atoms with Crippen molar-refractivity contribution in [2.24, 2.45) is 0 Å². The van der Waals surface area contributed by atoms with Crippen molar-refractivity contribution in [1.82, 2.24) is 5.32 Å². The minimum atomic E-state index is -0.631. The van der Waals surface area contributed by atoms with Gasteiger partial charge in [-0.25, -0.2) is 4.79 Å². The summed E-state index contributed by atoms with van der Waals surface area (Å²) in [6, 6.07) is 21.6. The summed E-state index contributed by atoms with van der Waals surface area (Å²) in [5.41, 5.74) is 4.01. The molecule has 0 saturated heterocycles. The maximum atomic E-state index is 13.8. The van der Waals surface area contributed by atoms with Gasteiger partial charge in [-0.3, -0.25) is 4.79 Å². The molecule has 0 amide bonds. The number of phenolic OH excluding ortho intramolecular Hbond substituents is 1. The highest BCUT2D eigenvalue weighted by Gasteiger charge is 2.41. The van der Waals surface area contributed by atoms with Gasteiger partial charge in [0.2, 0.25) is 0 Å². The molecule has 0 spiro atoms. The van der Waals surface area contributed by atoms with Gasteiger partial charge in [0.1, 0.15) is 24.7 Å². The number of dihydropyridines is 1. The first-order valence-corrected chi connectivity index (χ1v) is 13.5. The number of nitrogens with one attached hydrogen (secondary N) is 1. The molecule has 2 atom stereocenters. The van der Waals surface area contributed by atoms with Crippen LogP contribution in [0.1, 0.15) is 42.7 Å². The van der Waals surface area contributed by atoms with Crippen molar-refractivity contribution >= 4 is 11.8 Å². The van der Waals surface area contributed by atoms with Gasteiger partial charge in [0.05, 0.1) is 19.8 Å². The van der Waals surface area contributed by atoms with Crippen LogP contribution >= 0.6 is 0 Å². The molecule has 0 unspecified atom stereocenters. The second kappa shape index (κ2) is 12.2. The molecule has 212 valence electrons. The van der Waals surface area contributed by atoms with Gasteiger partial charge in [-0.15, -0.1) is 0 Å². The number of ether oxygens (including phenoxy) is 4. The van der Waals surface area contributed by atoms with Gasteiger partial charge in [-0.1, -0.05) is 36.4 Å². The summed E-state index contributed by atoms with van der Waals surface area (Å²) in [6.07, 6.45) is 0.854. The van der Waals surface area contributed by atoms with E-state index in [-0.39, 0.29) is 37.1 Å². The molecule has 41 heavy (non-hydrogen) atoms. The zero-order valence-electron chi connectivity index (χ0n) is 23.3. The summed E-state index contributed by atoms with van der Waals surface area (Å²) in [5, 5.41) is 13.3. The number of benzene rings is 3. The average Bonchev–Trinajstić information content (AvgIpc) is 2.99. The Hall–Kier alpha value is -4.72. The van der Waals surface area contributed by atoms with Gasteiger partial charge >= 0.3 is 5.97 Å². The first-order chi connectivity index (χ1) is 19.9. The summed E-state index contributed by atoms with van der Waals surface area (Å²) >= 11 is 0. The van der Waals surface area contributed by atoms with Gasteiger partial charge in [0.15, 0.2) is 17.3 Å². The van der Waals surface area contributed by atoms with Crippen LogP contribution in [0.5, 0.6) is 23.0 Å². The third-order valence-corrected chi connectivity index (χ3v) is 7.48. The Labute approximate surface area is 239 Å². The van der Waals surface area contributed by atoms with Gasteiger partial charge in [-0.2, -0.15) is 0 Å². The summed E-state index contributed by atoms with van der Waals surface area (Å²) in [7, 11) is 3.17. The largest absolute Gasteiger partial charge is 0.508 e. The maximum Gasteiger partial charge on any atom is 0.336 e. The molecule has 0 saturated carbocycles. The fourth-order valence-electron chi connectivity index (χ4n) is 5.54. The number of hydrogen-bond donors (Lipinski definition) is 2. The second-order valence-electron chi connectivity index (χ2n) is 10.0. The fourth-order valence-corrected chi connectivity index (χ4v) is 5.54. The Morgan fingerprint density at radius 3 is 2.32 bits per heavy atom. The molecule has 8 nitrogen and oxygen atoms in total. The molecule has 3 aromatic carbocycles. The Bertz CT molecular complexity index is 1490. The Morgan fingerprint density at radius 1 is 0.902 bits per heavy atom. The van der Waals surface area contributed by atoms with Crippen molar-refractivity contribution < 1.29 is 33.6 Å². The smallest absolute Gasteiger partial charge is 0.336 e. The van der Waals surface area contributed by atoms with Crippen LogP contribution < -0.4 is 19.5 Å². The number of methoxy groups -OCH3 is 2. The molecule has 2 aliphatic rings. The highest BCUT2D eigenvalue weighted by Crippen LogP contribution is 2.46. The highest BCUT2D eigenvalue weighted by molar-refractivity contribution is 6.04. The number of Topliss-reactive ketones (excluding diaryl/α,β-unsaturated/α-hetero) is 1. The van der Waals surface area contributed by atoms with Crippen LogP contribution in [0.4, 0.5) is 0 Å². The molecule has 8 heteroatoms. The molecule has 2 N–H and O–H groups in total. The minimum Gasteiger partial charge on any atom is -0.508 e. The quantitative estimate of drug-likeness (QED) is 0.268. The number of carbonyl (C=O) groups excluding carboxylic acids is 2. The van der Waals surface area contributed by atoms with Crippen molar-refractivity contribution in [2.45, 2.75) is 31.6 Å². The first kappa shape index (κ1) is 27.8. The molecule has 0 fully saturated rings. The Kier molecular flexibility index (Phi) is 8.29. The predicted octanol–water partition coefficient (Wildman–Crippen LogP) is 5.39. The molecule has 1 heterocycles. The van der Waals surface area contributed by atoms with Gasteiger partial charge in [0.25, 0.3) is 0 Å². The van der Waals surface area contributed by atoms with Crippen LogP contribution in [-0.4, -0.2) is 44.3 Å². The van der Waals surface area contributed by atoms with E-state index in [1.807, 2.05) is 55.5 Å². The SMILES string of the molecule is COc1ccc([C@@H]2CC(=O)C3=C(C2)NC(C)=C(C(=O)OCCOc2ccccc2)[C@H]3c2ccc(O)cc2)cc1OC. The number of aromatic hydroxyl groups is 1. The van der Waals surface area contributed by atoms with E-state index in [0.717, 1.165) is 16.8 Å². The van der Waals surface area contributed by atoms with E-state index in [1.54, 1.807) is 38.5 Å². The lowest BCUT2D eigenvalue weighted by molar-refractivity contribution is -0.140. The standard InChI is InChI=1S/C33H33NO7/c1-20-30(33(37)41-16-15-40-25-7-5-4-6-8-25)31(21-9-12-24(35)13-10-21)32-26(34-20)17-23(18-27(32)36)22-11-14-28(38-2)29(19-22)39-3/h4-14,19,23,31,34-35H,15-18H2,1-3H3/t23-,31+/m0/s1. The number of esters is 1. The number of para-hydroxylation sites is 1. The lowest BCUT2D eigenvalue weighted by atomic mass is 9.71. The molecule has 0 bridgehead atoms. The maximum absolute atomic E-state index is 13.8. The summed E-state index contributed by atoms with van der Waals surface area (Å²) in [4.78, 5) is 27.3. The Balaban J connectivity index is 1.42. The zero-order valence-corrected chi connectivity index (χ0v) is 23.3. The van der Waals surface area contributed by atoms with Crippen molar-refractivity contribution in [2.75, 3.05) is 27.4 Å². The van der Waals surface area contributed by atoms with Crippen LogP contribution in [0.25, 0.3) is 0 Å². The van der Waals surface area contributed by atoms with Crippen LogP contribution in [0.15, 0.2) is 95.3 Å². The second-order valence-corrected chi connectivity index (χ2v) is 10.0. The van der Waals surface area contributed by atoms with Gasteiger partial charge in [0, 0.05) is 29.3 Å². The zero-order chi connectivity index (χ0) is 28.9. The first-order valence-electron chi connectivity index (χ1n) is 13.5. The van der Waals surface area contributed by atoms with E-state index in [4.69, 9.17) is 18.9 Å². The van der Waals surface area contributed by atoms with Gasteiger partial charge < -0.3 is 29.4 Å². The van der Waals surface area contributed by atoms with Crippen LogP contribution in [0, 0.1) is 0 Å². The molecule has 5 rings (SSSR count). The van der Waals surface area contributed by atoms with Crippen molar-refractivity contribution in [3.05, 3.63) is 106 Å². The molecule has 1 aliphatic heterocycles. The third kappa shape index (κ3) is 5.91. The van der Waals surface area contributed by atoms with E-state index in [9.17, 15) is 14.7 Å². The van der Waals surface area contributed by atoms with E-state index >= 15 is 0 Å². The summed E-state index contributed by atoms with van der Waals surface area (Å²) in [6.45, 7) is 2.06. The lowest BCUT2D eigenvalue weighted by Crippen LogP contribution is -2.36.